The van der Waals surface area contributed by atoms with E-state index in [2.05, 4.69) is 38.2 Å². The van der Waals surface area contributed by atoms with E-state index in [9.17, 15) is 0 Å². The summed E-state index contributed by atoms with van der Waals surface area (Å²) in [6.45, 7) is 7.04. The van der Waals surface area contributed by atoms with Crippen molar-refractivity contribution in [1.82, 2.24) is 5.32 Å². The summed E-state index contributed by atoms with van der Waals surface area (Å²) >= 11 is 6.12. The van der Waals surface area contributed by atoms with Crippen molar-refractivity contribution in [3.8, 4) is 0 Å². The zero-order valence-electron chi connectivity index (χ0n) is 12.4. The molecule has 0 radical (unpaired) electrons. The quantitative estimate of drug-likeness (QED) is 0.783. The predicted octanol–water partition coefficient (Wildman–Crippen LogP) is 5.35. The van der Waals surface area contributed by atoms with E-state index in [1.807, 2.05) is 12.1 Å². The highest BCUT2D eigenvalue weighted by Crippen LogP contribution is 2.37. The van der Waals surface area contributed by atoms with Crippen LogP contribution in [0.3, 0.4) is 0 Å². The molecule has 0 saturated heterocycles. The lowest BCUT2D eigenvalue weighted by Crippen LogP contribution is -2.45. The van der Waals surface area contributed by atoms with Gasteiger partial charge >= 0.3 is 0 Å². The van der Waals surface area contributed by atoms with Crippen molar-refractivity contribution in [1.29, 1.82) is 0 Å². The maximum atomic E-state index is 6.12. The van der Waals surface area contributed by atoms with Crippen LogP contribution in [-0.4, -0.2) is 6.04 Å². The summed E-state index contributed by atoms with van der Waals surface area (Å²) in [5.41, 5.74) is 1.72. The molecule has 1 saturated carbocycles. The molecule has 0 bridgehead atoms. The molecule has 1 N–H and O–H groups in total. The van der Waals surface area contributed by atoms with Gasteiger partial charge in [0.05, 0.1) is 0 Å². The summed E-state index contributed by atoms with van der Waals surface area (Å²) < 4.78 is 0. The standard InChI is InChI=1S/C17H26ClN/c1-4-15(13-8-7-9-14(18)12-13)19-16-10-5-6-11-17(16,2)3/h7-9,12,15-16,19H,4-6,10-11H2,1-3H3. The van der Waals surface area contributed by atoms with Crippen molar-refractivity contribution in [2.45, 2.75) is 65.0 Å². The van der Waals surface area contributed by atoms with Crippen LogP contribution in [0.15, 0.2) is 24.3 Å². The van der Waals surface area contributed by atoms with Gasteiger partial charge in [-0.1, -0.05) is 57.3 Å². The fourth-order valence-corrected chi connectivity index (χ4v) is 3.42. The summed E-state index contributed by atoms with van der Waals surface area (Å²) in [5.74, 6) is 0. The molecule has 0 heterocycles. The highest BCUT2D eigenvalue weighted by atomic mass is 35.5. The van der Waals surface area contributed by atoms with Crippen molar-refractivity contribution in [3.63, 3.8) is 0 Å². The van der Waals surface area contributed by atoms with Gasteiger partial charge in [-0.15, -0.1) is 0 Å². The van der Waals surface area contributed by atoms with E-state index in [1.165, 1.54) is 31.2 Å². The maximum Gasteiger partial charge on any atom is 0.0409 e. The summed E-state index contributed by atoms with van der Waals surface area (Å²) in [6.07, 6.45) is 6.46. The highest BCUT2D eigenvalue weighted by molar-refractivity contribution is 6.30. The van der Waals surface area contributed by atoms with Crippen molar-refractivity contribution in [3.05, 3.63) is 34.9 Å². The molecule has 1 aromatic rings. The molecule has 2 atom stereocenters. The second kappa shape index (κ2) is 6.28. The summed E-state index contributed by atoms with van der Waals surface area (Å²) in [7, 11) is 0. The second-order valence-corrected chi connectivity index (χ2v) is 6.91. The Balaban J connectivity index is 2.10. The largest absolute Gasteiger partial charge is 0.307 e. The number of hydrogen-bond donors (Lipinski definition) is 1. The Morgan fingerprint density at radius 2 is 2.16 bits per heavy atom. The SMILES string of the molecule is CCC(NC1CCCCC1(C)C)c1cccc(Cl)c1. The van der Waals surface area contributed by atoms with Crippen LogP contribution in [0.4, 0.5) is 0 Å². The molecular weight excluding hydrogens is 254 g/mol. The molecule has 2 heteroatoms. The van der Waals surface area contributed by atoms with Crippen LogP contribution in [0, 0.1) is 5.41 Å². The summed E-state index contributed by atoms with van der Waals surface area (Å²) in [6, 6.07) is 9.31. The first kappa shape index (κ1) is 14.9. The van der Waals surface area contributed by atoms with Gasteiger partial charge in [0, 0.05) is 17.1 Å². The van der Waals surface area contributed by atoms with Gasteiger partial charge in [-0.25, -0.2) is 0 Å². The Morgan fingerprint density at radius 3 is 2.79 bits per heavy atom. The minimum Gasteiger partial charge on any atom is -0.307 e. The van der Waals surface area contributed by atoms with Gasteiger partial charge in [-0.05, 0) is 42.4 Å². The monoisotopic (exact) mass is 279 g/mol. The van der Waals surface area contributed by atoms with Crippen LogP contribution in [0.25, 0.3) is 0 Å². The molecule has 1 aliphatic carbocycles. The Labute approximate surface area is 122 Å². The van der Waals surface area contributed by atoms with Gasteiger partial charge in [-0.3, -0.25) is 0 Å². The van der Waals surface area contributed by atoms with Gasteiger partial charge in [0.15, 0.2) is 0 Å². The van der Waals surface area contributed by atoms with E-state index >= 15 is 0 Å². The molecule has 0 amide bonds. The molecule has 1 aromatic carbocycles. The van der Waals surface area contributed by atoms with Crippen LogP contribution in [0.5, 0.6) is 0 Å². The average molecular weight is 280 g/mol. The van der Waals surface area contributed by atoms with Crippen LogP contribution < -0.4 is 5.32 Å². The molecule has 0 aliphatic heterocycles. The molecule has 0 aromatic heterocycles. The fourth-order valence-electron chi connectivity index (χ4n) is 3.22. The van der Waals surface area contributed by atoms with Gasteiger partial charge in [0.1, 0.15) is 0 Å². The Bertz CT molecular complexity index is 413. The van der Waals surface area contributed by atoms with E-state index in [1.54, 1.807) is 0 Å². The van der Waals surface area contributed by atoms with Crippen LogP contribution in [0.1, 0.15) is 64.5 Å². The van der Waals surface area contributed by atoms with Crippen molar-refractivity contribution >= 4 is 11.6 Å². The molecular formula is C17H26ClN. The normalized spacial score (nSPS) is 24.1. The lowest BCUT2D eigenvalue weighted by Gasteiger charge is -2.41. The van der Waals surface area contributed by atoms with Gasteiger partial charge < -0.3 is 5.32 Å². The first-order valence-electron chi connectivity index (χ1n) is 7.54. The third-order valence-corrected chi connectivity index (χ3v) is 4.80. The molecule has 1 nitrogen and oxygen atoms in total. The van der Waals surface area contributed by atoms with Crippen molar-refractivity contribution < 1.29 is 0 Å². The first-order chi connectivity index (χ1) is 9.03. The minimum absolute atomic E-state index is 0.407. The van der Waals surface area contributed by atoms with E-state index in [-0.39, 0.29) is 0 Å². The third-order valence-electron chi connectivity index (χ3n) is 4.57. The van der Waals surface area contributed by atoms with E-state index < -0.39 is 0 Å². The van der Waals surface area contributed by atoms with Crippen LogP contribution in [0.2, 0.25) is 5.02 Å². The number of benzene rings is 1. The zero-order chi connectivity index (χ0) is 13.9. The Kier molecular flexibility index (Phi) is 4.92. The molecule has 2 rings (SSSR count). The average Bonchev–Trinajstić information content (AvgIpc) is 2.37. The van der Waals surface area contributed by atoms with E-state index in [4.69, 9.17) is 11.6 Å². The van der Waals surface area contributed by atoms with E-state index in [0.717, 1.165) is 11.4 Å². The number of hydrogen-bond acceptors (Lipinski definition) is 1. The number of nitrogens with one attached hydrogen (secondary N) is 1. The fraction of sp³-hybridized carbons (Fsp3) is 0.647. The molecule has 1 aliphatic rings. The smallest absolute Gasteiger partial charge is 0.0409 e. The maximum absolute atomic E-state index is 6.12. The summed E-state index contributed by atoms with van der Waals surface area (Å²) in [4.78, 5) is 0. The Morgan fingerprint density at radius 1 is 1.37 bits per heavy atom. The second-order valence-electron chi connectivity index (χ2n) is 6.47. The zero-order valence-corrected chi connectivity index (χ0v) is 13.1. The van der Waals surface area contributed by atoms with Crippen molar-refractivity contribution in [2.75, 3.05) is 0 Å². The molecule has 2 unspecified atom stereocenters. The van der Waals surface area contributed by atoms with E-state index in [0.29, 0.717) is 17.5 Å². The molecule has 106 valence electrons. The third kappa shape index (κ3) is 3.73. The van der Waals surface area contributed by atoms with Gasteiger partial charge in [-0.2, -0.15) is 0 Å². The topological polar surface area (TPSA) is 12.0 Å². The lowest BCUT2D eigenvalue weighted by atomic mass is 9.73. The van der Waals surface area contributed by atoms with Crippen molar-refractivity contribution in [2.24, 2.45) is 5.41 Å². The molecule has 1 fully saturated rings. The van der Waals surface area contributed by atoms with Gasteiger partial charge in [0.2, 0.25) is 0 Å². The van der Waals surface area contributed by atoms with Gasteiger partial charge in [0.25, 0.3) is 0 Å². The predicted molar refractivity (Wildman–Crippen MR) is 83.7 cm³/mol. The van der Waals surface area contributed by atoms with Crippen LogP contribution >= 0.6 is 11.6 Å². The van der Waals surface area contributed by atoms with Crippen LogP contribution in [-0.2, 0) is 0 Å². The highest BCUT2D eigenvalue weighted by Gasteiger charge is 2.33. The minimum atomic E-state index is 0.407. The summed E-state index contributed by atoms with van der Waals surface area (Å²) in [5, 5.41) is 4.71. The number of rotatable bonds is 4. The first-order valence-corrected chi connectivity index (χ1v) is 7.92. The lowest BCUT2D eigenvalue weighted by molar-refractivity contribution is 0.154. The number of halogens is 1. The Hall–Kier alpha value is -0.530. The molecule has 0 spiro atoms. The molecule has 19 heavy (non-hydrogen) atoms.